The van der Waals surface area contributed by atoms with Gasteiger partial charge >= 0.3 is 0 Å². The van der Waals surface area contributed by atoms with E-state index in [1.807, 2.05) is 13.0 Å². The molecule has 2 nitrogen and oxygen atoms in total. The Balaban J connectivity index is 2.61. The molecule has 72 valence electrons. The monoisotopic (exact) mass is 186 g/mol. The second-order valence-electron chi connectivity index (χ2n) is 3.92. The highest BCUT2D eigenvalue weighted by Crippen LogP contribution is 2.31. The molecule has 0 saturated carbocycles. The van der Waals surface area contributed by atoms with Gasteiger partial charge in [0.15, 0.2) is 0 Å². The first-order chi connectivity index (χ1) is 6.74. The summed E-state index contributed by atoms with van der Waals surface area (Å²) in [5.74, 6) is 0. The van der Waals surface area contributed by atoms with Gasteiger partial charge in [-0.25, -0.2) is 0 Å². The molecule has 0 radical (unpaired) electrons. The van der Waals surface area contributed by atoms with Gasteiger partial charge in [-0.1, -0.05) is 6.07 Å². The van der Waals surface area contributed by atoms with E-state index in [1.54, 1.807) is 0 Å². The van der Waals surface area contributed by atoms with E-state index in [2.05, 4.69) is 12.1 Å². The van der Waals surface area contributed by atoms with Crippen molar-refractivity contribution in [1.82, 2.24) is 0 Å². The van der Waals surface area contributed by atoms with E-state index < -0.39 is 0 Å². The predicted octanol–water partition coefficient (Wildman–Crippen LogP) is 2.20. The van der Waals surface area contributed by atoms with E-state index in [0.717, 1.165) is 24.0 Å². The van der Waals surface area contributed by atoms with Gasteiger partial charge < -0.3 is 5.73 Å². The normalized spacial score (nSPS) is 19.9. The molecule has 1 aromatic rings. The number of nitriles is 1. The van der Waals surface area contributed by atoms with Crippen LogP contribution in [0.5, 0.6) is 0 Å². The van der Waals surface area contributed by atoms with Crippen molar-refractivity contribution in [3.63, 3.8) is 0 Å². The first-order valence-electron chi connectivity index (χ1n) is 5.02. The van der Waals surface area contributed by atoms with Crippen LogP contribution in [0.2, 0.25) is 0 Å². The quantitative estimate of drug-likeness (QED) is 0.675. The molecule has 14 heavy (non-hydrogen) atoms. The minimum atomic E-state index is 0.132. The van der Waals surface area contributed by atoms with Crippen LogP contribution in [0, 0.1) is 18.3 Å². The lowest BCUT2D eigenvalue weighted by atomic mass is 9.84. The Hall–Kier alpha value is -1.33. The average molecular weight is 186 g/mol. The summed E-state index contributed by atoms with van der Waals surface area (Å²) in [4.78, 5) is 0. The number of aryl methyl sites for hydroxylation is 1. The van der Waals surface area contributed by atoms with Crippen LogP contribution in [0.25, 0.3) is 0 Å². The Morgan fingerprint density at radius 1 is 1.50 bits per heavy atom. The third kappa shape index (κ3) is 1.30. The summed E-state index contributed by atoms with van der Waals surface area (Å²) in [7, 11) is 0. The topological polar surface area (TPSA) is 49.8 Å². The van der Waals surface area contributed by atoms with Gasteiger partial charge in [0.1, 0.15) is 0 Å². The predicted molar refractivity (Wildman–Crippen MR) is 55.8 cm³/mol. The minimum absolute atomic E-state index is 0.132. The number of hydrogen-bond acceptors (Lipinski definition) is 2. The SMILES string of the molecule is Cc1c(C#N)ccc2c1C(N)CCC2. The highest BCUT2D eigenvalue weighted by atomic mass is 14.6. The van der Waals surface area contributed by atoms with Crippen molar-refractivity contribution < 1.29 is 0 Å². The highest BCUT2D eigenvalue weighted by molar-refractivity contribution is 5.48. The largest absolute Gasteiger partial charge is 0.324 e. The van der Waals surface area contributed by atoms with E-state index >= 15 is 0 Å². The van der Waals surface area contributed by atoms with Gasteiger partial charge in [0, 0.05) is 6.04 Å². The maximum atomic E-state index is 8.92. The molecule has 1 atom stereocenters. The zero-order valence-electron chi connectivity index (χ0n) is 8.38. The van der Waals surface area contributed by atoms with Crippen LogP contribution in [0.3, 0.4) is 0 Å². The summed E-state index contributed by atoms with van der Waals surface area (Å²) in [5.41, 5.74) is 10.5. The third-order valence-corrected chi connectivity index (χ3v) is 3.06. The summed E-state index contributed by atoms with van der Waals surface area (Å²) < 4.78 is 0. The van der Waals surface area contributed by atoms with Gasteiger partial charge in [-0.3, -0.25) is 0 Å². The van der Waals surface area contributed by atoms with Gasteiger partial charge in [0.05, 0.1) is 11.6 Å². The number of benzene rings is 1. The Bertz CT molecular complexity index is 402. The number of nitrogens with zero attached hydrogens (tertiary/aromatic N) is 1. The standard InChI is InChI=1S/C12H14N2/c1-8-10(7-13)6-5-9-3-2-4-11(14)12(8)9/h5-6,11H,2-4,14H2,1H3. The molecule has 2 heteroatoms. The van der Waals surface area contributed by atoms with Crippen molar-refractivity contribution in [3.05, 3.63) is 34.4 Å². The molecular weight excluding hydrogens is 172 g/mol. The van der Waals surface area contributed by atoms with E-state index in [-0.39, 0.29) is 6.04 Å². The Labute approximate surface area is 84.3 Å². The first kappa shape index (κ1) is 9.23. The average Bonchev–Trinajstić information content (AvgIpc) is 2.18. The summed E-state index contributed by atoms with van der Waals surface area (Å²) >= 11 is 0. The maximum Gasteiger partial charge on any atom is 0.0994 e. The van der Waals surface area contributed by atoms with Crippen molar-refractivity contribution in [2.75, 3.05) is 0 Å². The van der Waals surface area contributed by atoms with Gasteiger partial charge in [-0.2, -0.15) is 5.26 Å². The first-order valence-corrected chi connectivity index (χ1v) is 5.02. The van der Waals surface area contributed by atoms with Crippen LogP contribution in [-0.2, 0) is 6.42 Å². The van der Waals surface area contributed by atoms with E-state index in [4.69, 9.17) is 11.0 Å². The zero-order valence-corrected chi connectivity index (χ0v) is 8.38. The lowest BCUT2D eigenvalue weighted by molar-refractivity contribution is 0.567. The fraction of sp³-hybridized carbons (Fsp3) is 0.417. The number of nitrogens with two attached hydrogens (primary N) is 1. The fourth-order valence-electron chi connectivity index (χ4n) is 2.30. The highest BCUT2D eigenvalue weighted by Gasteiger charge is 2.19. The molecule has 0 heterocycles. The molecule has 0 aromatic heterocycles. The number of fused-ring (bicyclic) bond motifs is 1. The molecule has 1 aliphatic carbocycles. The van der Waals surface area contributed by atoms with E-state index in [1.165, 1.54) is 17.5 Å². The molecule has 2 rings (SSSR count). The molecule has 1 aromatic carbocycles. The summed E-state index contributed by atoms with van der Waals surface area (Å²) in [6, 6.07) is 6.31. The smallest absolute Gasteiger partial charge is 0.0994 e. The molecule has 0 fully saturated rings. The van der Waals surface area contributed by atoms with Crippen LogP contribution in [0.15, 0.2) is 12.1 Å². The van der Waals surface area contributed by atoms with Crippen LogP contribution in [0.1, 0.15) is 41.1 Å². The van der Waals surface area contributed by atoms with Gasteiger partial charge in [0.25, 0.3) is 0 Å². The zero-order chi connectivity index (χ0) is 10.1. The van der Waals surface area contributed by atoms with Crippen molar-refractivity contribution in [2.24, 2.45) is 5.73 Å². The van der Waals surface area contributed by atoms with Crippen molar-refractivity contribution in [1.29, 1.82) is 5.26 Å². The minimum Gasteiger partial charge on any atom is -0.324 e. The molecule has 0 spiro atoms. The number of hydrogen-bond donors (Lipinski definition) is 1. The Morgan fingerprint density at radius 2 is 2.29 bits per heavy atom. The second-order valence-corrected chi connectivity index (χ2v) is 3.92. The lowest BCUT2D eigenvalue weighted by Crippen LogP contribution is -2.19. The van der Waals surface area contributed by atoms with Crippen LogP contribution in [0.4, 0.5) is 0 Å². The van der Waals surface area contributed by atoms with Crippen molar-refractivity contribution >= 4 is 0 Å². The number of rotatable bonds is 0. The summed E-state index contributed by atoms with van der Waals surface area (Å²) in [5, 5.41) is 8.92. The van der Waals surface area contributed by atoms with Gasteiger partial charge in [-0.05, 0) is 48.9 Å². The summed E-state index contributed by atoms with van der Waals surface area (Å²) in [6.45, 7) is 2.00. The van der Waals surface area contributed by atoms with Crippen LogP contribution in [-0.4, -0.2) is 0 Å². The molecule has 1 unspecified atom stereocenters. The molecular formula is C12H14N2. The molecule has 0 aliphatic heterocycles. The molecule has 0 amide bonds. The third-order valence-electron chi connectivity index (χ3n) is 3.06. The maximum absolute atomic E-state index is 8.92. The van der Waals surface area contributed by atoms with E-state index in [0.29, 0.717) is 0 Å². The van der Waals surface area contributed by atoms with Crippen molar-refractivity contribution in [3.8, 4) is 6.07 Å². The van der Waals surface area contributed by atoms with Gasteiger partial charge in [0.2, 0.25) is 0 Å². The Kier molecular flexibility index (Phi) is 2.26. The molecule has 2 N–H and O–H groups in total. The van der Waals surface area contributed by atoms with Crippen LogP contribution >= 0.6 is 0 Å². The Morgan fingerprint density at radius 3 is 3.00 bits per heavy atom. The van der Waals surface area contributed by atoms with Crippen LogP contribution < -0.4 is 5.73 Å². The second kappa shape index (κ2) is 3.43. The van der Waals surface area contributed by atoms with Gasteiger partial charge in [-0.15, -0.1) is 0 Å². The molecule has 0 bridgehead atoms. The molecule has 1 aliphatic rings. The lowest BCUT2D eigenvalue weighted by Gasteiger charge is -2.24. The van der Waals surface area contributed by atoms with E-state index in [9.17, 15) is 0 Å². The fourth-order valence-corrected chi connectivity index (χ4v) is 2.30. The summed E-state index contributed by atoms with van der Waals surface area (Å²) in [6.07, 6.45) is 3.32. The molecule has 0 saturated heterocycles. The van der Waals surface area contributed by atoms with Crippen molar-refractivity contribution in [2.45, 2.75) is 32.2 Å².